The Morgan fingerprint density at radius 3 is 2.44 bits per heavy atom. The lowest BCUT2D eigenvalue weighted by atomic mass is 9.78. The average molecular weight is 371 g/mol. The number of carbonyl (C=O) groups excluding carboxylic acids is 3. The van der Waals surface area contributed by atoms with Gasteiger partial charge >= 0.3 is 0 Å². The molecule has 6 heteroatoms. The number of nitrogens with zero attached hydrogens (tertiary/aromatic N) is 2. The second-order valence-electron chi connectivity index (χ2n) is 7.77. The van der Waals surface area contributed by atoms with E-state index in [0.717, 1.165) is 31.2 Å². The molecular weight excluding hydrogens is 342 g/mol. The lowest BCUT2D eigenvalue weighted by Gasteiger charge is -2.52. The van der Waals surface area contributed by atoms with Gasteiger partial charge < -0.3 is 15.1 Å². The van der Waals surface area contributed by atoms with Crippen molar-refractivity contribution in [3.8, 4) is 0 Å². The van der Waals surface area contributed by atoms with E-state index in [2.05, 4.69) is 5.32 Å². The number of amides is 3. The summed E-state index contributed by atoms with van der Waals surface area (Å²) >= 11 is 0. The van der Waals surface area contributed by atoms with E-state index in [-0.39, 0.29) is 29.8 Å². The SMILES string of the molecule is CC(=O)N1CCN(C(=O)CNC(=O)c2ccccc2C)CC12CCCCC2. The minimum atomic E-state index is -0.226. The van der Waals surface area contributed by atoms with Gasteiger partial charge in [0.1, 0.15) is 0 Å². The van der Waals surface area contributed by atoms with Crippen LogP contribution in [0.5, 0.6) is 0 Å². The normalized spacial score (nSPS) is 19.0. The Bertz CT molecular complexity index is 725. The van der Waals surface area contributed by atoms with Crippen LogP contribution in [-0.2, 0) is 9.59 Å². The molecule has 6 nitrogen and oxygen atoms in total. The fourth-order valence-corrected chi connectivity index (χ4v) is 4.51. The number of nitrogens with one attached hydrogen (secondary N) is 1. The standard InChI is InChI=1S/C21H29N3O3/c1-16-8-4-5-9-18(16)20(27)22-14-19(26)23-12-13-24(17(2)25)21(15-23)10-6-3-7-11-21/h4-5,8-9H,3,6-7,10-15H2,1-2H3,(H,22,27). The summed E-state index contributed by atoms with van der Waals surface area (Å²) in [5.74, 6) is -0.210. The van der Waals surface area contributed by atoms with Crippen molar-refractivity contribution >= 4 is 17.7 Å². The predicted octanol–water partition coefficient (Wildman–Crippen LogP) is 2.12. The molecule has 0 radical (unpaired) electrons. The second kappa shape index (κ2) is 8.11. The molecule has 1 saturated heterocycles. The van der Waals surface area contributed by atoms with Gasteiger partial charge in [-0.15, -0.1) is 0 Å². The van der Waals surface area contributed by atoms with E-state index in [1.54, 1.807) is 13.0 Å². The van der Waals surface area contributed by atoms with Crippen LogP contribution in [0.3, 0.4) is 0 Å². The molecule has 2 aliphatic rings. The lowest BCUT2D eigenvalue weighted by molar-refractivity contribution is -0.149. The molecule has 0 aromatic heterocycles. The number of carbonyl (C=O) groups is 3. The minimum absolute atomic E-state index is 0.0106. The highest BCUT2D eigenvalue weighted by molar-refractivity contribution is 5.97. The van der Waals surface area contributed by atoms with Gasteiger partial charge in [0.15, 0.2) is 0 Å². The summed E-state index contributed by atoms with van der Waals surface area (Å²) in [6.07, 6.45) is 5.28. The summed E-state index contributed by atoms with van der Waals surface area (Å²) in [5, 5.41) is 2.75. The molecule has 1 aliphatic carbocycles. The summed E-state index contributed by atoms with van der Waals surface area (Å²) < 4.78 is 0. The first-order valence-electron chi connectivity index (χ1n) is 9.83. The molecule has 0 unspecified atom stereocenters. The van der Waals surface area contributed by atoms with Crippen molar-refractivity contribution in [3.63, 3.8) is 0 Å². The third-order valence-electron chi connectivity index (χ3n) is 5.96. The van der Waals surface area contributed by atoms with Gasteiger partial charge in [-0.05, 0) is 31.4 Å². The van der Waals surface area contributed by atoms with Gasteiger partial charge in [-0.2, -0.15) is 0 Å². The molecule has 1 aliphatic heterocycles. The van der Waals surface area contributed by atoms with Crippen LogP contribution in [0.1, 0.15) is 54.9 Å². The zero-order valence-corrected chi connectivity index (χ0v) is 16.3. The molecule has 1 spiro atoms. The number of aryl methyl sites for hydroxylation is 1. The maximum Gasteiger partial charge on any atom is 0.251 e. The van der Waals surface area contributed by atoms with Crippen LogP contribution in [0.4, 0.5) is 0 Å². The van der Waals surface area contributed by atoms with Gasteiger partial charge in [-0.1, -0.05) is 37.5 Å². The molecular formula is C21H29N3O3. The number of piperazine rings is 1. The Morgan fingerprint density at radius 2 is 1.78 bits per heavy atom. The molecule has 3 amide bonds. The number of hydrogen-bond acceptors (Lipinski definition) is 3. The Hall–Kier alpha value is -2.37. The van der Waals surface area contributed by atoms with E-state index in [0.29, 0.717) is 25.2 Å². The highest BCUT2D eigenvalue weighted by atomic mass is 16.2. The van der Waals surface area contributed by atoms with Crippen molar-refractivity contribution in [1.82, 2.24) is 15.1 Å². The topological polar surface area (TPSA) is 69.7 Å². The van der Waals surface area contributed by atoms with Crippen LogP contribution in [0.2, 0.25) is 0 Å². The molecule has 27 heavy (non-hydrogen) atoms. The van der Waals surface area contributed by atoms with Crippen LogP contribution >= 0.6 is 0 Å². The van der Waals surface area contributed by atoms with Crippen molar-refractivity contribution in [2.24, 2.45) is 0 Å². The van der Waals surface area contributed by atoms with Gasteiger partial charge in [0.25, 0.3) is 5.91 Å². The molecule has 1 aromatic carbocycles. The fraction of sp³-hybridized carbons (Fsp3) is 0.571. The Labute approximate surface area is 160 Å². The molecule has 3 rings (SSSR count). The minimum Gasteiger partial charge on any atom is -0.343 e. The van der Waals surface area contributed by atoms with E-state index >= 15 is 0 Å². The van der Waals surface area contributed by atoms with Crippen molar-refractivity contribution in [1.29, 1.82) is 0 Å². The van der Waals surface area contributed by atoms with Crippen molar-refractivity contribution in [2.75, 3.05) is 26.2 Å². The number of benzene rings is 1. The van der Waals surface area contributed by atoms with Gasteiger partial charge in [0.05, 0.1) is 12.1 Å². The van der Waals surface area contributed by atoms with Crippen molar-refractivity contribution in [3.05, 3.63) is 35.4 Å². The summed E-state index contributed by atoms with van der Waals surface area (Å²) in [5.41, 5.74) is 1.26. The molecule has 146 valence electrons. The summed E-state index contributed by atoms with van der Waals surface area (Å²) in [6.45, 7) is 5.17. The Morgan fingerprint density at radius 1 is 1.07 bits per heavy atom. The third kappa shape index (κ3) is 4.15. The first kappa shape index (κ1) is 19.4. The number of hydrogen-bond donors (Lipinski definition) is 1. The van der Waals surface area contributed by atoms with E-state index in [4.69, 9.17) is 0 Å². The van der Waals surface area contributed by atoms with Crippen LogP contribution < -0.4 is 5.32 Å². The first-order valence-corrected chi connectivity index (χ1v) is 9.83. The Balaban J connectivity index is 1.62. The van der Waals surface area contributed by atoms with Gasteiger partial charge in [0, 0.05) is 32.1 Å². The summed E-state index contributed by atoms with van der Waals surface area (Å²) in [6, 6.07) is 7.34. The molecule has 1 heterocycles. The molecule has 1 aromatic rings. The Kier molecular flexibility index (Phi) is 5.82. The van der Waals surface area contributed by atoms with Gasteiger partial charge in [0.2, 0.25) is 11.8 Å². The van der Waals surface area contributed by atoms with E-state index in [1.807, 2.05) is 34.9 Å². The smallest absolute Gasteiger partial charge is 0.251 e. The zero-order valence-electron chi connectivity index (χ0n) is 16.3. The fourth-order valence-electron chi connectivity index (χ4n) is 4.51. The summed E-state index contributed by atoms with van der Waals surface area (Å²) in [4.78, 5) is 41.0. The van der Waals surface area contributed by atoms with Gasteiger partial charge in [-0.25, -0.2) is 0 Å². The monoisotopic (exact) mass is 371 g/mol. The van der Waals surface area contributed by atoms with E-state index < -0.39 is 0 Å². The van der Waals surface area contributed by atoms with E-state index in [9.17, 15) is 14.4 Å². The first-order chi connectivity index (χ1) is 12.9. The quantitative estimate of drug-likeness (QED) is 0.885. The highest BCUT2D eigenvalue weighted by Gasteiger charge is 2.44. The maximum atomic E-state index is 12.7. The van der Waals surface area contributed by atoms with Crippen LogP contribution in [-0.4, -0.2) is 59.2 Å². The second-order valence-corrected chi connectivity index (χ2v) is 7.77. The molecule has 1 N–H and O–H groups in total. The molecule has 2 fully saturated rings. The van der Waals surface area contributed by atoms with E-state index in [1.165, 1.54) is 6.42 Å². The lowest BCUT2D eigenvalue weighted by Crippen LogP contribution is -2.65. The molecule has 1 saturated carbocycles. The highest BCUT2D eigenvalue weighted by Crippen LogP contribution is 2.36. The average Bonchev–Trinajstić information content (AvgIpc) is 2.66. The maximum absolute atomic E-state index is 12.7. The number of rotatable bonds is 3. The van der Waals surface area contributed by atoms with Crippen LogP contribution in [0.25, 0.3) is 0 Å². The van der Waals surface area contributed by atoms with Gasteiger partial charge in [-0.3, -0.25) is 14.4 Å². The molecule has 0 atom stereocenters. The van der Waals surface area contributed by atoms with Crippen LogP contribution in [0.15, 0.2) is 24.3 Å². The van der Waals surface area contributed by atoms with Crippen molar-refractivity contribution in [2.45, 2.75) is 51.5 Å². The predicted molar refractivity (Wildman–Crippen MR) is 103 cm³/mol. The van der Waals surface area contributed by atoms with Crippen LogP contribution in [0, 0.1) is 6.92 Å². The zero-order chi connectivity index (χ0) is 19.4. The largest absolute Gasteiger partial charge is 0.343 e. The molecule has 0 bridgehead atoms. The third-order valence-corrected chi connectivity index (χ3v) is 5.96. The van der Waals surface area contributed by atoms with Crippen molar-refractivity contribution < 1.29 is 14.4 Å². The summed E-state index contributed by atoms with van der Waals surface area (Å²) in [7, 11) is 0.